The largest absolute Gasteiger partial charge is 0.493 e. The van der Waals surface area contributed by atoms with Gasteiger partial charge in [0.2, 0.25) is 0 Å². The average Bonchev–Trinajstić information content (AvgIpc) is 2.87. The van der Waals surface area contributed by atoms with Crippen LogP contribution >= 0.6 is 0 Å². The molecule has 1 aliphatic heterocycles. The van der Waals surface area contributed by atoms with E-state index in [2.05, 4.69) is 0 Å². The van der Waals surface area contributed by atoms with Gasteiger partial charge in [0.1, 0.15) is 6.61 Å². The van der Waals surface area contributed by atoms with Crippen LogP contribution in [0.2, 0.25) is 0 Å². The van der Waals surface area contributed by atoms with Gasteiger partial charge in [0.15, 0.2) is 11.5 Å². The van der Waals surface area contributed by atoms with Crippen molar-refractivity contribution in [3.05, 3.63) is 59.2 Å². The highest BCUT2D eigenvalue weighted by molar-refractivity contribution is 6.21. The van der Waals surface area contributed by atoms with Crippen molar-refractivity contribution in [2.45, 2.75) is 6.54 Å². The van der Waals surface area contributed by atoms with Gasteiger partial charge >= 0.3 is 0 Å². The van der Waals surface area contributed by atoms with E-state index in [1.807, 2.05) is 6.07 Å². The highest BCUT2D eigenvalue weighted by atomic mass is 16.5. The molecule has 3 rings (SSSR count). The molecule has 0 bridgehead atoms. The van der Waals surface area contributed by atoms with E-state index in [9.17, 15) is 9.59 Å². The van der Waals surface area contributed by atoms with Gasteiger partial charge in [-0.1, -0.05) is 18.2 Å². The Kier molecular flexibility index (Phi) is 4.48. The summed E-state index contributed by atoms with van der Waals surface area (Å²) in [5.74, 6) is 0.543. The lowest BCUT2D eigenvalue weighted by Crippen LogP contribution is -2.33. The van der Waals surface area contributed by atoms with Crippen LogP contribution < -0.4 is 15.2 Å². The van der Waals surface area contributed by atoms with E-state index < -0.39 is 0 Å². The summed E-state index contributed by atoms with van der Waals surface area (Å²) in [5.41, 5.74) is 7.41. The molecule has 6 nitrogen and oxygen atoms in total. The second kappa shape index (κ2) is 6.72. The number of methoxy groups -OCH3 is 1. The third-order valence-electron chi connectivity index (χ3n) is 3.91. The number of hydrogen-bond acceptors (Lipinski definition) is 5. The number of amides is 2. The van der Waals surface area contributed by atoms with Gasteiger partial charge < -0.3 is 15.2 Å². The number of imide groups is 1. The van der Waals surface area contributed by atoms with Gasteiger partial charge in [-0.25, -0.2) is 0 Å². The summed E-state index contributed by atoms with van der Waals surface area (Å²) in [6.07, 6.45) is 0. The van der Waals surface area contributed by atoms with Gasteiger partial charge in [0, 0.05) is 6.54 Å². The van der Waals surface area contributed by atoms with Gasteiger partial charge in [-0.2, -0.15) is 0 Å². The van der Waals surface area contributed by atoms with E-state index >= 15 is 0 Å². The summed E-state index contributed by atoms with van der Waals surface area (Å²) in [6.45, 7) is 0.767. The monoisotopic (exact) mass is 326 g/mol. The highest BCUT2D eigenvalue weighted by Crippen LogP contribution is 2.28. The zero-order valence-electron chi connectivity index (χ0n) is 13.3. The van der Waals surface area contributed by atoms with Crippen molar-refractivity contribution < 1.29 is 19.1 Å². The summed E-state index contributed by atoms with van der Waals surface area (Å²) in [5, 5.41) is 0. The van der Waals surface area contributed by atoms with Gasteiger partial charge in [0.25, 0.3) is 11.8 Å². The summed E-state index contributed by atoms with van der Waals surface area (Å²) in [7, 11) is 1.55. The Hall–Kier alpha value is -2.86. The Morgan fingerprint density at radius 2 is 1.67 bits per heavy atom. The second-order valence-electron chi connectivity index (χ2n) is 5.35. The SMILES string of the molecule is COc1cc(CN)ccc1OCCN1C(=O)c2ccccc2C1=O. The summed E-state index contributed by atoms with van der Waals surface area (Å²) >= 11 is 0. The number of carbonyl (C=O) groups is 2. The molecule has 2 amide bonds. The first-order chi connectivity index (χ1) is 11.7. The smallest absolute Gasteiger partial charge is 0.261 e. The van der Waals surface area contributed by atoms with Gasteiger partial charge in [-0.05, 0) is 29.8 Å². The topological polar surface area (TPSA) is 81.9 Å². The predicted octanol–water partition coefficient (Wildman–Crippen LogP) is 1.83. The molecule has 0 saturated carbocycles. The summed E-state index contributed by atoms with van der Waals surface area (Å²) < 4.78 is 10.9. The molecule has 0 aromatic heterocycles. The molecule has 1 heterocycles. The van der Waals surface area contributed by atoms with Gasteiger partial charge in [-0.3, -0.25) is 14.5 Å². The van der Waals surface area contributed by atoms with Crippen molar-refractivity contribution in [1.82, 2.24) is 4.90 Å². The van der Waals surface area contributed by atoms with Crippen molar-refractivity contribution in [3.63, 3.8) is 0 Å². The first-order valence-corrected chi connectivity index (χ1v) is 7.60. The minimum absolute atomic E-state index is 0.175. The number of hydrogen-bond donors (Lipinski definition) is 1. The molecule has 0 radical (unpaired) electrons. The molecule has 0 spiro atoms. The van der Waals surface area contributed by atoms with Crippen LogP contribution in [-0.2, 0) is 6.54 Å². The maximum Gasteiger partial charge on any atom is 0.261 e. The fourth-order valence-electron chi connectivity index (χ4n) is 2.65. The van der Waals surface area contributed by atoms with Crippen LogP contribution in [0.15, 0.2) is 42.5 Å². The van der Waals surface area contributed by atoms with Crippen LogP contribution in [0, 0.1) is 0 Å². The lowest BCUT2D eigenvalue weighted by Gasteiger charge is -2.16. The number of benzene rings is 2. The van der Waals surface area contributed by atoms with Gasteiger partial charge in [-0.15, -0.1) is 0 Å². The molecule has 0 atom stereocenters. The Bertz CT molecular complexity index is 753. The lowest BCUT2D eigenvalue weighted by molar-refractivity contribution is 0.0631. The number of nitrogens with two attached hydrogens (primary N) is 1. The van der Waals surface area contributed by atoms with E-state index in [-0.39, 0.29) is 25.0 Å². The summed E-state index contributed by atoms with van der Waals surface area (Å²) in [6, 6.07) is 12.2. The molecule has 124 valence electrons. The Balaban J connectivity index is 1.66. The quantitative estimate of drug-likeness (QED) is 0.819. The number of nitrogens with zero attached hydrogens (tertiary/aromatic N) is 1. The highest BCUT2D eigenvalue weighted by Gasteiger charge is 2.34. The molecule has 2 aromatic carbocycles. The normalized spacial score (nSPS) is 13.2. The van der Waals surface area contributed by atoms with E-state index in [1.54, 1.807) is 43.5 Å². The van der Waals surface area contributed by atoms with Crippen LogP contribution in [0.3, 0.4) is 0 Å². The van der Waals surface area contributed by atoms with E-state index in [1.165, 1.54) is 4.90 Å². The lowest BCUT2D eigenvalue weighted by atomic mass is 10.1. The fraction of sp³-hybridized carbons (Fsp3) is 0.222. The first-order valence-electron chi connectivity index (χ1n) is 7.60. The molecule has 0 saturated heterocycles. The van der Waals surface area contributed by atoms with Crippen molar-refractivity contribution >= 4 is 11.8 Å². The molecule has 24 heavy (non-hydrogen) atoms. The standard InChI is InChI=1S/C18H18N2O4/c1-23-16-10-12(11-19)6-7-15(16)24-9-8-20-17(21)13-4-2-3-5-14(13)18(20)22/h2-7,10H,8-9,11,19H2,1H3. The van der Waals surface area contributed by atoms with Crippen molar-refractivity contribution in [1.29, 1.82) is 0 Å². The van der Waals surface area contributed by atoms with E-state index in [0.717, 1.165) is 5.56 Å². The van der Waals surface area contributed by atoms with Crippen LogP contribution in [-0.4, -0.2) is 37.0 Å². The van der Waals surface area contributed by atoms with Gasteiger partial charge in [0.05, 0.1) is 24.8 Å². The number of carbonyl (C=O) groups excluding carboxylic acids is 2. The Labute approximate surface area is 139 Å². The molecule has 1 aliphatic rings. The van der Waals surface area contributed by atoms with Crippen molar-refractivity contribution in [3.8, 4) is 11.5 Å². The second-order valence-corrected chi connectivity index (χ2v) is 5.35. The molecule has 0 aliphatic carbocycles. The predicted molar refractivity (Wildman–Crippen MR) is 88.2 cm³/mol. The molecular weight excluding hydrogens is 308 g/mol. The molecule has 6 heteroatoms. The van der Waals surface area contributed by atoms with Crippen LogP contribution in [0.4, 0.5) is 0 Å². The fourth-order valence-corrected chi connectivity index (χ4v) is 2.65. The van der Waals surface area contributed by atoms with Crippen LogP contribution in [0.25, 0.3) is 0 Å². The zero-order valence-corrected chi connectivity index (χ0v) is 13.3. The minimum Gasteiger partial charge on any atom is -0.493 e. The summed E-state index contributed by atoms with van der Waals surface area (Å²) in [4.78, 5) is 25.7. The van der Waals surface area contributed by atoms with Crippen LogP contribution in [0.1, 0.15) is 26.3 Å². The third-order valence-corrected chi connectivity index (χ3v) is 3.91. The average molecular weight is 326 g/mol. The molecule has 2 N–H and O–H groups in total. The molecule has 0 unspecified atom stereocenters. The minimum atomic E-state index is -0.287. The number of ether oxygens (including phenoxy) is 2. The Morgan fingerprint density at radius 1 is 1.00 bits per heavy atom. The Morgan fingerprint density at radius 3 is 2.25 bits per heavy atom. The van der Waals surface area contributed by atoms with Crippen molar-refractivity contribution in [2.75, 3.05) is 20.3 Å². The van der Waals surface area contributed by atoms with E-state index in [0.29, 0.717) is 29.2 Å². The number of rotatable bonds is 6. The zero-order chi connectivity index (χ0) is 17.1. The first kappa shape index (κ1) is 16.0. The van der Waals surface area contributed by atoms with Crippen molar-refractivity contribution in [2.24, 2.45) is 5.73 Å². The molecular formula is C18H18N2O4. The maximum atomic E-state index is 12.3. The maximum absolute atomic E-state index is 12.3. The van der Waals surface area contributed by atoms with Crippen LogP contribution in [0.5, 0.6) is 11.5 Å². The van der Waals surface area contributed by atoms with E-state index in [4.69, 9.17) is 15.2 Å². The number of fused-ring (bicyclic) bond motifs is 1. The molecule has 2 aromatic rings. The third kappa shape index (κ3) is 2.83. The molecule has 0 fully saturated rings.